The Balaban J connectivity index is 5.01. The molecule has 0 aliphatic carbocycles. The quantitative estimate of drug-likeness (QED) is 0.496. The monoisotopic (exact) mass is 258 g/mol. The van der Waals surface area contributed by atoms with Gasteiger partial charge in [-0.3, -0.25) is 9.59 Å². The van der Waals surface area contributed by atoms with Gasteiger partial charge in [0.15, 0.2) is 5.41 Å². The Morgan fingerprint density at radius 2 is 1.33 bits per heavy atom. The lowest BCUT2D eigenvalue weighted by molar-refractivity contribution is -0.172. The summed E-state index contributed by atoms with van der Waals surface area (Å²) in [5.74, 6) is -0.630. The van der Waals surface area contributed by atoms with Crippen molar-refractivity contribution in [1.29, 1.82) is 0 Å². The zero-order valence-corrected chi connectivity index (χ0v) is 12.2. The van der Waals surface area contributed by atoms with Gasteiger partial charge in [-0.2, -0.15) is 0 Å². The minimum absolute atomic E-state index is 0.275. The highest BCUT2D eigenvalue weighted by Crippen LogP contribution is 2.32. The van der Waals surface area contributed by atoms with E-state index in [4.69, 9.17) is 9.47 Å². The fraction of sp³-hybridized carbons (Fsp3) is 0.857. The van der Waals surface area contributed by atoms with Gasteiger partial charge in [-0.15, -0.1) is 0 Å². The van der Waals surface area contributed by atoms with E-state index in [1.807, 2.05) is 0 Å². The van der Waals surface area contributed by atoms with Crippen LogP contribution >= 0.6 is 0 Å². The first kappa shape index (κ1) is 16.9. The molecular weight excluding hydrogens is 232 g/mol. The molecule has 0 saturated carbocycles. The average molecular weight is 258 g/mol. The number of esters is 2. The molecule has 0 spiro atoms. The summed E-state index contributed by atoms with van der Waals surface area (Å²) in [5.41, 5.74) is -1.18. The van der Waals surface area contributed by atoms with Crippen molar-refractivity contribution in [3.8, 4) is 0 Å². The molecule has 18 heavy (non-hydrogen) atoms. The van der Waals surface area contributed by atoms with E-state index in [1.54, 1.807) is 20.8 Å². The highest BCUT2D eigenvalue weighted by molar-refractivity contribution is 5.99. The molecule has 106 valence electrons. The number of rotatable bonds is 8. The number of carbonyl (C=O) groups excluding carboxylic acids is 2. The van der Waals surface area contributed by atoms with Gasteiger partial charge >= 0.3 is 11.9 Å². The summed E-state index contributed by atoms with van der Waals surface area (Å²) in [4.78, 5) is 24.1. The first-order valence-electron chi connectivity index (χ1n) is 6.80. The molecule has 0 aliphatic heterocycles. The van der Waals surface area contributed by atoms with Gasteiger partial charge in [-0.25, -0.2) is 0 Å². The van der Waals surface area contributed by atoms with Crippen LogP contribution in [0, 0.1) is 11.3 Å². The third-order valence-electron chi connectivity index (χ3n) is 3.30. The van der Waals surface area contributed by atoms with Crippen LogP contribution in [0.15, 0.2) is 0 Å². The normalized spacial score (nSPS) is 11.4. The zero-order chi connectivity index (χ0) is 14.2. The molecule has 0 unspecified atom stereocenters. The van der Waals surface area contributed by atoms with Gasteiger partial charge < -0.3 is 9.47 Å². The maximum Gasteiger partial charge on any atom is 0.323 e. The van der Waals surface area contributed by atoms with E-state index in [2.05, 4.69) is 13.8 Å². The second-order valence-electron chi connectivity index (χ2n) is 4.66. The predicted molar refractivity (Wildman–Crippen MR) is 70.1 cm³/mol. The Hall–Kier alpha value is -1.06. The van der Waals surface area contributed by atoms with Crippen molar-refractivity contribution in [2.24, 2.45) is 11.3 Å². The molecule has 0 atom stereocenters. The molecule has 0 fully saturated rings. The highest BCUT2D eigenvalue weighted by atomic mass is 16.6. The van der Waals surface area contributed by atoms with E-state index < -0.39 is 17.4 Å². The summed E-state index contributed by atoms with van der Waals surface area (Å²) in [6.07, 6.45) is 2.35. The minimum Gasteiger partial charge on any atom is -0.465 e. The number of carbonyl (C=O) groups is 2. The average Bonchev–Trinajstić information content (AvgIpc) is 2.36. The van der Waals surface area contributed by atoms with Crippen molar-refractivity contribution in [2.75, 3.05) is 13.2 Å². The second-order valence-corrected chi connectivity index (χ2v) is 4.66. The van der Waals surface area contributed by atoms with E-state index >= 15 is 0 Å². The molecule has 0 aromatic carbocycles. The Kier molecular flexibility index (Phi) is 7.64. The first-order chi connectivity index (χ1) is 8.46. The van der Waals surface area contributed by atoms with E-state index in [1.165, 1.54) is 0 Å². The van der Waals surface area contributed by atoms with Gasteiger partial charge in [0.1, 0.15) is 0 Å². The molecule has 0 N–H and O–H groups in total. The van der Waals surface area contributed by atoms with Gasteiger partial charge in [-0.05, 0) is 33.1 Å². The molecule has 0 rings (SSSR count). The zero-order valence-electron chi connectivity index (χ0n) is 12.2. The van der Waals surface area contributed by atoms with E-state index in [0.29, 0.717) is 12.3 Å². The van der Waals surface area contributed by atoms with E-state index in [0.717, 1.165) is 12.8 Å². The smallest absolute Gasteiger partial charge is 0.323 e. The van der Waals surface area contributed by atoms with Crippen LogP contribution in [0.1, 0.15) is 53.9 Å². The molecule has 0 aromatic heterocycles. The van der Waals surface area contributed by atoms with Crippen LogP contribution in [0.4, 0.5) is 0 Å². The van der Waals surface area contributed by atoms with Gasteiger partial charge in [-0.1, -0.05) is 26.7 Å². The lowest BCUT2D eigenvalue weighted by Crippen LogP contribution is -2.41. The molecule has 0 heterocycles. The lowest BCUT2D eigenvalue weighted by Gasteiger charge is -2.28. The lowest BCUT2D eigenvalue weighted by atomic mass is 9.79. The summed E-state index contributed by atoms with van der Waals surface area (Å²) in [5, 5.41) is 0. The Morgan fingerprint density at radius 3 is 1.61 bits per heavy atom. The summed E-state index contributed by atoms with van der Waals surface area (Å²) >= 11 is 0. The molecule has 4 nitrogen and oxygen atoms in total. The Bertz CT molecular complexity index is 251. The van der Waals surface area contributed by atoms with Crippen molar-refractivity contribution < 1.29 is 19.1 Å². The molecule has 0 amide bonds. The van der Waals surface area contributed by atoms with Crippen molar-refractivity contribution in [1.82, 2.24) is 0 Å². The van der Waals surface area contributed by atoms with E-state index in [-0.39, 0.29) is 13.2 Å². The topological polar surface area (TPSA) is 52.6 Å². The summed E-state index contributed by atoms with van der Waals surface area (Å²) in [6, 6.07) is 0. The van der Waals surface area contributed by atoms with Crippen LogP contribution < -0.4 is 0 Å². The molecule has 0 bridgehead atoms. The van der Waals surface area contributed by atoms with Crippen LogP contribution in [0.3, 0.4) is 0 Å². The fourth-order valence-electron chi connectivity index (χ4n) is 1.99. The summed E-state index contributed by atoms with van der Waals surface area (Å²) in [6.45, 7) is 9.77. The Morgan fingerprint density at radius 1 is 0.944 bits per heavy atom. The molecular formula is C14H26O4. The van der Waals surface area contributed by atoms with Gasteiger partial charge in [0, 0.05) is 0 Å². The van der Waals surface area contributed by atoms with Gasteiger partial charge in [0.05, 0.1) is 13.2 Å². The second kappa shape index (κ2) is 8.11. The SMILES string of the molecule is CCOC(=O)C(C)(CC(CC)CC)C(=O)OCC. The van der Waals surface area contributed by atoms with Gasteiger partial charge in [0.2, 0.25) is 0 Å². The third kappa shape index (κ3) is 4.31. The van der Waals surface area contributed by atoms with Crippen LogP contribution in [-0.2, 0) is 19.1 Å². The summed E-state index contributed by atoms with van der Waals surface area (Å²) in [7, 11) is 0. The highest BCUT2D eigenvalue weighted by Gasteiger charge is 2.45. The van der Waals surface area contributed by atoms with Crippen molar-refractivity contribution in [3.05, 3.63) is 0 Å². The van der Waals surface area contributed by atoms with Crippen molar-refractivity contribution in [2.45, 2.75) is 53.9 Å². The molecule has 4 heteroatoms. The van der Waals surface area contributed by atoms with Crippen LogP contribution in [0.25, 0.3) is 0 Å². The summed E-state index contributed by atoms with van der Waals surface area (Å²) < 4.78 is 10.0. The predicted octanol–water partition coefficient (Wildman–Crippen LogP) is 2.95. The molecule has 0 aliphatic rings. The van der Waals surface area contributed by atoms with Crippen molar-refractivity contribution >= 4 is 11.9 Å². The molecule has 0 aromatic rings. The number of hydrogen-bond donors (Lipinski definition) is 0. The van der Waals surface area contributed by atoms with Crippen molar-refractivity contribution in [3.63, 3.8) is 0 Å². The van der Waals surface area contributed by atoms with Crippen LogP contribution in [0.2, 0.25) is 0 Å². The maximum absolute atomic E-state index is 12.0. The molecule has 0 radical (unpaired) electrons. The number of hydrogen-bond acceptors (Lipinski definition) is 4. The maximum atomic E-state index is 12.0. The molecule has 0 saturated heterocycles. The first-order valence-corrected chi connectivity index (χ1v) is 6.80. The van der Waals surface area contributed by atoms with Crippen LogP contribution in [-0.4, -0.2) is 25.2 Å². The standard InChI is InChI=1S/C14H26O4/c1-6-11(7-2)10-14(5,12(15)17-8-3)13(16)18-9-4/h11H,6-10H2,1-5H3. The van der Waals surface area contributed by atoms with Crippen LogP contribution in [0.5, 0.6) is 0 Å². The largest absolute Gasteiger partial charge is 0.465 e. The van der Waals surface area contributed by atoms with Gasteiger partial charge in [0.25, 0.3) is 0 Å². The number of ether oxygens (including phenoxy) is 2. The third-order valence-corrected chi connectivity index (χ3v) is 3.30. The minimum atomic E-state index is -1.18. The Labute approximate surface area is 110 Å². The fourth-order valence-corrected chi connectivity index (χ4v) is 1.99. The van der Waals surface area contributed by atoms with E-state index in [9.17, 15) is 9.59 Å².